The first-order chi connectivity index (χ1) is 13.2. The predicted molar refractivity (Wildman–Crippen MR) is 99.4 cm³/mol. The molecule has 1 aromatic heterocycles. The number of aromatic nitrogens is 2. The number of thioether (sulfide) groups is 1. The molecule has 1 aromatic carbocycles. The first-order valence-corrected chi connectivity index (χ1v) is 9.86. The summed E-state index contributed by atoms with van der Waals surface area (Å²) in [5.74, 6) is -1.62. The Morgan fingerprint density at radius 1 is 1.25 bits per heavy atom. The highest BCUT2D eigenvalue weighted by Gasteiger charge is 2.37. The van der Waals surface area contributed by atoms with E-state index in [0.717, 1.165) is 31.0 Å². The summed E-state index contributed by atoms with van der Waals surface area (Å²) in [7, 11) is 0. The van der Waals surface area contributed by atoms with Crippen molar-refractivity contribution in [1.82, 2.24) is 15.3 Å². The highest BCUT2D eigenvalue weighted by molar-refractivity contribution is 8.00. The number of para-hydroxylation sites is 1. The van der Waals surface area contributed by atoms with Gasteiger partial charge in [0, 0.05) is 5.39 Å². The van der Waals surface area contributed by atoms with Crippen molar-refractivity contribution in [2.75, 3.05) is 0 Å². The molecule has 1 atom stereocenters. The quantitative estimate of drug-likeness (QED) is 0.596. The molecule has 1 N–H and O–H groups in total. The molecule has 1 aliphatic carbocycles. The number of amides is 1. The fourth-order valence-corrected chi connectivity index (χ4v) is 4.18. The summed E-state index contributed by atoms with van der Waals surface area (Å²) in [6, 6.07) is 8.59. The van der Waals surface area contributed by atoms with Gasteiger partial charge in [-0.15, -0.1) is 0 Å². The number of alkyl halides is 3. The second kappa shape index (κ2) is 7.95. The smallest absolute Gasteiger partial charge is 0.337 e. The Hall–Kier alpha value is -2.34. The Morgan fingerprint density at radius 2 is 1.93 bits per heavy atom. The number of carbonyl (C=O) groups is 1. The minimum Gasteiger partial charge on any atom is -0.337 e. The monoisotopic (exact) mass is 408 g/mol. The highest BCUT2D eigenvalue weighted by atomic mass is 32.2. The molecular weight excluding hydrogens is 389 g/mol. The molecule has 1 amide bonds. The number of benzene rings is 1. The average Bonchev–Trinajstić information content (AvgIpc) is 2.67. The van der Waals surface area contributed by atoms with Crippen molar-refractivity contribution >= 4 is 28.6 Å². The average molecular weight is 408 g/mol. The van der Waals surface area contributed by atoms with Crippen LogP contribution in [-0.2, 0) is 11.0 Å². The van der Waals surface area contributed by atoms with E-state index in [0.29, 0.717) is 18.2 Å². The zero-order valence-corrected chi connectivity index (χ0v) is 16.0. The summed E-state index contributed by atoms with van der Waals surface area (Å²) >= 11 is 0.937. The molecule has 3 rings (SSSR count). The van der Waals surface area contributed by atoms with Crippen molar-refractivity contribution in [3.05, 3.63) is 30.1 Å². The van der Waals surface area contributed by atoms with E-state index < -0.39 is 22.8 Å². The van der Waals surface area contributed by atoms with Crippen LogP contribution >= 0.6 is 11.8 Å². The van der Waals surface area contributed by atoms with Crippen LogP contribution in [0.3, 0.4) is 0 Å². The molecule has 9 heteroatoms. The number of nitrogens with one attached hydrogen (secondary N) is 1. The van der Waals surface area contributed by atoms with E-state index in [1.54, 1.807) is 25.1 Å². The van der Waals surface area contributed by atoms with Crippen LogP contribution in [0.15, 0.2) is 29.3 Å². The predicted octanol–water partition coefficient (Wildman–Crippen LogP) is 4.47. The van der Waals surface area contributed by atoms with Crippen LogP contribution in [0, 0.1) is 11.3 Å². The number of fused-ring (bicyclic) bond motifs is 1. The lowest BCUT2D eigenvalue weighted by molar-refractivity contribution is -0.145. The van der Waals surface area contributed by atoms with Crippen molar-refractivity contribution in [3.63, 3.8) is 0 Å². The maximum atomic E-state index is 13.1. The summed E-state index contributed by atoms with van der Waals surface area (Å²) in [5, 5.41) is 12.1. The third kappa shape index (κ3) is 4.38. The SMILES string of the molecule is CC(Sc1nc(C(F)(F)F)nc2ccccc12)C(=O)NC1(C#N)CCCCC1. The molecule has 148 valence electrons. The van der Waals surface area contributed by atoms with Gasteiger partial charge >= 0.3 is 6.18 Å². The van der Waals surface area contributed by atoms with Crippen LogP contribution in [-0.4, -0.2) is 26.7 Å². The van der Waals surface area contributed by atoms with E-state index in [1.807, 2.05) is 0 Å². The van der Waals surface area contributed by atoms with Gasteiger partial charge in [-0.2, -0.15) is 18.4 Å². The van der Waals surface area contributed by atoms with E-state index in [2.05, 4.69) is 21.4 Å². The van der Waals surface area contributed by atoms with Crippen molar-refractivity contribution in [1.29, 1.82) is 5.26 Å². The van der Waals surface area contributed by atoms with Crippen LogP contribution in [0.1, 0.15) is 44.9 Å². The molecule has 0 aliphatic heterocycles. The van der Waals surface area contributed by atoms with Gasteiger partial charge in [-0.25, -0.2) is 9.97 Å². The number of hydrogen-bond acceptors (Lipinski definition) is 5. The van der Waals surface area contributed by atoms with E-state index in [-0.39, 0.29) is 16.4 Å². The van der Waals surface area contributed by atoms with Gasteiger partial charge in [0.05, 0.1) is 16.8 Å². The van der Waals surface area contributed by atoms with Gasteiger partial charge in [-0.05, 0) is 25.8 Å². The number of carbonyl (C=O) groups excluding carboxylic acids is 1. The molecule has 0 saturated heterocycles. The molecule has 5 nitrogen and oxygen atoms in total. The first-order valence-electron chi connectivity index (χ1n) is 8.98. The molecule has 0 spiro atoms. The highest BCUT2D eigenvalue weighted by Crippen LogP contribution is 2.34. The first kappa shape index (κ1) is 20.4. The molecule has 1 fully saturated rings. The molecule has 2 aromatic rings. The molecule has 28 heavy (non-hydrogen) atoms. The summed E-state index contributed by atoms with van der Waals surface area (Å²) in [6.45, 7) is 1.60. The van der Waals surface area contributed by atoms with Gasteiger partial charge < -0.3 is 5.32 Å². The number of rotatable bonds is 4. The fourth-order valence-electron chi connectivity index (χ4n) is 3.24. The maximum Gasteiger partial charge on any atom is 0.451 e. The topological polar surface area (TPSA) is 78.7 Å². The Kier molecular flexibility index (Phi) is 5.79. The second-order valence-corrected chi connectivity index (χ2v) is 8.20. The van der Waals surface area contributed by atoms with E-state index in [1.165, 1.54) is 6.07 Å². The van der Waals surface area contributed by atoms with Crippen molar-refractivity contribution < 1.29 is 18.0 Å². The van der Waals surface area contributed by atoms with Crippen molar-refractivity contribution in [2.45, 2.75) is 61.0 Å². The number of nitriles is 1. The lowest BCUT2D eigenvalue weighted by Crippen LogP contribution is -2.50. The van der Waals surface area contributed by atoms with Crippen LogP contribution in [0.2, 0.25) is 0 Å². The van der Waals surface area contributed by atoms with Gasteiger partial charge in [-0.3, -0.25) is 4.79 Å². The van der Waals surface area contributed by atoms with E-state index in [4.69, 9.17) is 0 Å². The van der Waals surface area contributed by atoms with Crippen LogP contribution in [0.5, 0.6) is 0 Å². The minimum absolute atomic E-state index is 0.0928. The van der Waals surface area contributed by atoms with Gasteiger partial charge in [0.25, 0.3) is 0 Å². The molecule has 1 unspecified atom stereocenters. The third-order valence-electron chi connectivity index (χ3n) is 4.76. The molecule has 1 aliphatic rings. The zero-order valence-electron chi connectivity index (χ0n) is 15.2. The minimum atomic E-state index is -4.68. The zero-order chi connectivity index (χ0) is 20.4. The Labute approximate surface area is 164 Å². The molecule has 1 heterocycles. The summed E-state index contributed by atoms with van der Waals surface area (Å²) in [6.07, 6.45) is -0.765. The Balaban J connectivity index is 1.85. The van der Waals surface area contributed by atoms with Crippen molar-refractivity contribution in [2.24, 2.45) is 0 Å². The van der Waals surface area contributed by atoms with Crippen LogP contribution in [0.4, 0.5) is 13.2 Å². The second-order valence-electron chi connectivity index (χ2n) is 6.87. The van der Waals surface area contributed by atoms with Gasteiger partial charge in [-0.1, -0.05) is 49.2 Å². The van der Waals surface area contributed by atoms with Crippen LogP contribution < -0.4 is 5.32 Å². The third-order valence-corrected chi connectivity index (χ3v) is 5.87. The summed E-state index contributed by atoms with van der Waals surface area (Å²) in [5.41, 5.74) is -0.727. The van der Waals surface area contributed by atoms with Gasteiger partial charge in [0.15, 0.2) is 0 Å². The van der Waals surface area contributed by atoms with E-state index >= 15 is 0 Å². The molecule has 0 radical (unpaired) electrons. The Bertz CT molecular complexity index is 920. The fraction of sp³-hybridized carbons (Fsp3) is 0.474. The van der Waals surface area contributed by atoms with E-state index in [9.17, 15) is 23.2 Å². The summed E-state index contributed by atoms with van der Waals surface area (Å²) < 4.78 is 39.4. The number of hydrogen-bond donors (Lipinski definition) is 1. The molecule has 0 bridgehead atoms. The summed E-state index contributed by atoms with van der Waals surface area (Å²) in [4.78, 5) is 19.9. The van der Waals surface area contributed by atoms with Gasteiger partial charge in [0.1, 0.15) is 10.6 Å². The largest absolute Gasteiger partial charge is 0.451 e. The van der Waals surface area contributed by atoms with Crippen molar-refractivity contribution in [3.8, 4) is 6.07 Å². The number of nitrogens with zero attached hydrogens (tertiary/aromatic N) is 3. The van der Waals surface area contributed by atoms with Crippen LogP contribution in [0.25, 0.3) is 10.9 Å². The Morgan fingerprint density at radius 3 is 2.57 bits per heavy atom. The maximum absolute atomic E-state index is 13.1. The lowest BCUT2D eigenvalue weighted by atomic mass is 9.83. The molecule has 1 saturated carbocycles. The molecular formula is C19H19F3N4OS. The normalized spacial score (nSPS) is 17.7. The van der Waals surface area contributed by atoms with Gasteiger partial charge in [0.2, 0.25) is 11.7 Å². The standard InChI is InChI=1S/C19H19F3N4OS/c1-12(15(27)26-18(11-23)9-5-2-6-10-18)28-16-13-7-3-4-8-14(13)24-17(25-16)19(20,21)22/h3-4,7-8,12H,2,5-6,9-10H2,1H3,(H,26,27). The lowest BCUT2D eigenvalue weighted by Gasteiger charge is -2.32. The number of halogens is 3.